The standard InChI is InChI=1S/C13H16N2O5/c1-2-20-13(17)14-11(12(16)9-15(18)19)8-10-6-4-3-5-7-10/h3-7,11H,2,8-9H2,1H3,(H,14,17). The van der Waals surface area contributed by atoms with E-state index in [1.54, 1.807) is 31.2 Å². The average molecular weight is 280 g/mol. The van der Waals surface area contributed by atoms with Crippen molar-refractivity contribution in [3.05, 3.63) is 46.0 Å². The molecule has 1 amide bonds. The predicted octanol–water partition coefficient (Wildman–Crippen LogP) is 1.19. The highest BCUT2D eigenvalue weighted by atomic mass is 16.6. The Hall–Kier alpha value is -2.44. The zero-order valence-electron chi connectivity index (χ0n) is 11.1. The van der Waals surface area contributed by atoms with Crippen LogP contribution in [0.2, 0.25) is 0 Å². The second-order valence-electron chi connectivity index (χ2n) is 4.06. The highest BCUT2D eigenvalue weighted by Crippen LogP contribution is 2.05. The Morgan fingerprint density at radius 1 is 1.35 bits per heavy atom. The topological polar surface area (TPSA) is 98.5 Å². The molecule has 7 heteroatoms. The first kappa shape index (κ1) is 15.6. The molecule has 0 aliphatic heterocycles. The van der Waals surface area contributed by atoms with E-state index >= 15 is 0 Å². The largest absolute Gasteiger partial charge is 0.450 e. The summed E-state index contributed by atoms with van der Waals surface area (Å²) in [4.78, 5) is 32.9. The van der Waals surface area contributed by atoms with Crippen LogP contribution in [0, 0.1) is 10.1 Å². The molecule has 0 saturated carbocycles. The van der Waals surface area contributed by atoms with Crippen LogP contribution in [0.25, 0.3) is 0 Å². The fourth-order valence-electron chi connectivity index (χ4n) is 1.65. The maximum absolute atomic E-state index is 11.8. The Morgan fingerprint density at radius 3 is 2.55 bits per heavy atom. The number of nitro groups is 1. The molecule has 1 rings (SSSR count). The summed E-state index contributed by atoms with van der Waals surface area (Å²) in [7, 11) is 0. The summed E-state index contributed by atoms with van der Waals surface area (Å²) in [5.74, 6) is -0.660. The van der Waals surface area contributed by atoms with Gasteiger partial charge in [0, 0.05) is 11.3 Å². The lowest BCUT2D eigenvalue weighted by atomic mass is 10.0. The van der Waals surface area contributed by atoms with Gasteiger partial charge in [0.1, 0.15) is 6.04 Å². The van der Waals surface area contributed by atoms with Crippen molar-refractivity contribution in [1.82, 2.24) is 5.32 Å². The van der Waals surface area contributed by atoms with Gasteiger partial charge >= 0.3 is 6.09 Å². The minimum absolute atomic E-state index is 0.160. The molecule has 7 nitrogen and oxygen atoms in total. The Balaban J connectivity index is 2.75. The molecule has 1 aromatic carbocycles. The summed E-state index contributed by atoms with van der Waals surface area (Å²) in [6, 6.07) is 7.97. The van der Waals surface area contributed by atoms with Crippen LogP contribution in [0.3, 0.4) is 0 Å². The van der Waals surface area contributed by atoms with Gasteiger partial charge < -0.3 is 10.1 Å². The number of nitrogens with zero attached hydrogens (tertiary/aromatic N) is 1. The van der Waals surface area contributed by atoms with E-state index in [-0.39, 0.29) is 13.0 Å². The molecule has 0 saturated heterocycles. The van der Waals surface area contributed by atoms with Crippen LogP contribution in [0.15, 0.2) is 30.3 Å². The minimum Gasteiger partial charge on any atom is -0.450 e. The number of carbonyl (C=O) groups excluding carboxylic acids is 2. The summed E-state index contributed by atoms with van der Waals surface area (Å²) < 4.78 is 4.69. The van der Waals surface area contributed by atoms with Crippen molar-refractivity contribution < 1.29 is 19.2 Å². The number of hydrogen-bond donors (Lipinski definition) is 1. The predicted molar refractivity (Wildman–Crippen MR) is 71.0 cm³/mol. The first-order valence-corrected chi connectivity index (χ1v) is 6.14. The molecule has 0 aromatic heterocycles. The van der Waals surface area contributed by atoms with Crippen LogP contribution in [0.5, 0.6) is 0 Å². The van der Waals surface area contributed by atoms with E-state index in [2.05, 4.69) is 5.32 Å². The van der Waals surface area contributed by atoms with E-state index in [4.69, 9.17) is 4.74 Å². The van der Waals surface area contributed by atoms with Crippen LogP contribution < -0.4 is 5.32 Å². The van der Waals surface area contributed by atoms with Gasteiger partial charge in [-0.15, -0.1) is 0 Å². The van der Waals surface area contributed by atoms with E-state index in [1.165, 1.54) is 0 Å². The third-order valence-corrected chi connectivity index (χ3v) is 2.52. The second kappa shape index (κ2) is 7.88. The minimum atomic E-state index is -0.971. The fourth-order valence-corrected chi connectivity index (χ4v) is 1.65. The Labute approximate surface area is 116 Å². The highest BCUT2D eigenvalue weighted by molar-refractivity contribution is 5.88. The monoisotopic (exact) mass is 280 g/mol. The molecule has 0 bridgehead atoms. The van der Waals surface area contributed by atoms with Crippen molar-refractivity contribution in [2.45, 2.75) is 19.4 Å². The van der Waals surface area contributed by atoms with E-state index in [0.717, 1.165) is 5.56 Å². The zero-order chi connectivity index (χ0) is 15.0. The molecule has 0 radical (unpaired) electrons. The SMILES string of the molecule is CCOC(=O)NC(Cc1ccccc1)C(=O)C[N+](=O)[O-]. The van der Waals surface area contributed by atoms with E-state index < -0.39 is 29.4 Å². The normalized spacial score (nSPS) is 11.4. The summed E-state index contributed by atoms with van der Waals surface area (Å²) in [6.07, 6.45) is -0.572. The van der Waals surface area contributed by atoms with Crippen molar-refractivity contribution in [3.8, 4) is 0 Å². The molecule has 0 fully saturated rings. The Morgan fingerprint density at radius 2 is 2.00 bits per heavy atom. The molecule has 20 heavy (non-hydrogen) atoms. The summed E-state index contributed by atoms with van der Waals surface area (Å²) in [5.41, 5.74) is 0.797. The van der Waals surface area contributed by atoms with Crippen molar-refractivity contribution in [3.63, 3.8) is 0 Å². The summed E-state index contributed by atoms with van der Waals surface area (Å²) in [6.45, 7) is 0.960. The van der Waals surface area contributed by atoms with Crippen LogP contribution in [-0.2, 0) is 16.0 Å². The first-order chi connectivity index (χ1) is 9.52. The van der Waals surface area contributed by atoms with Crippen molar-refractivity contribution >= 4 is 11.9 Å². The number of alkyl carbamates (subject to hydrolysis) is 1. The number of hydrogen-bond acceptors (Lipinski definition) is 5. The van der Waals surface area contributed by atoms with Gasteiger partial charge in [-0.1, -0.05) is 30.3 Å². The summed E-state index contributed by atoms with van der Waals surface area (Å²) in [5, 5.41) is 12.8. The first-order valence-electron chi connectivity index (χ1n) is 6.14. The number of Topliss-reactive ketones (excluding diaryl/α,β-unsaturated/α-hetero) is 1. The van der Waals surface area contributed by atoms with Crippen molar-refractivity contribution in [1.29, 1.82) is 0 Å². The lowest BCUT2D eigenvalue weighted by molar-refractivity contribution is -0.467. The molecule has 0 aliphatic rings. The Kier molecular flexibility index (Phi) is 6.15. The van der Waals surface area contributed by atoms with Gasteiger partial charge in [-0.25, -0.2) is 4.79 Å². The molecular formula is C13H16N2O5. The highest BCUT2D eigenvalue weighted by Gasteiger charge is 2.25. The molecule has 108 valence electrons. The number of rotatable bonds is 7. The number of carbonyl (C=O) groups is 2. The van der Waals surface area contributed by atoms with Crippen LogP contribution in [-0.4, -0.2) is 36.0 Å². The van der Waals surface area contributed by atoms with Gasteiger partial charge in [-0.2, -0.15) is 0 Å². The van der Waals surface area contributed by atoms with Crippen LogP contribution >= 0.6 is 0 Å². The fraction of sp³-hybridized carbons (Fsp3) is 0.385. The van der Waals surface area contributed by atoms with Gasteiger partial charge in [0.15, 0.2) is 0 Å². The number of benzene rings is 1. The van der Waals surface area contributed by atoms with E-state index in [0.29, 0.717) is 0 Å². The van der Waals surface area contributed by atoms with E-state index in [9.17, 15) is 19.7 Å². The third-order valence-electron chi connectivity index (χ3n) is 2.52. The maximum Gasteiger partial charge on any atom is 0.407 e. The van der Waals surface area contributed by atoms with Crippen molar-refractivity contribution in [2.75, 3.05) is 13.2 Å². The molecule has 0 aliphatic carbocycles. The lowest BCUT2D eigenvalue weighted by Gasteiger charge is -2.15. The second-order valence-corrected chi connectivity index (χ2v) is 4.06. The summed E-state index contributed by atoms with van der Waals surface area (Å²) >= 11 is 0. The lowest BCUT2D eigenvalue weighted by Crippen LogP contribution is -2.45. The van der Waals surface area contributed by atoms with E-state index in [1.807, 2.05) is 6.07 Å². The maximum atomic E-state index is 11.8. The van der Waals surface area contributed by atoms with Gasteiger partial charge in [-0.05, 0) is 12.5 Å². The van der Waals surface area contributed by atoms with Gasteiger partial charge in [0.25, 0.3) is 6.54 Å². The molecule has 1 aromatic rings. The molecule has 1 N–H and O–H groups in total. The quantitative estimate of drug-likeness (QED) is 0.597. The number of nitrogens with one attached hydrogen (secondary N) is 1. The van der Waals surface area contributed by atoms with Crippen molar-refractivity contribution in [2.24, 2.45) is 0 Å². The van der Waals surface area contributed by atoms with Gasteiger partial charge in [0.05, 0.1) is 6.61 Å². The Bertz CT molecular complexity index is 475. The number of amides is 1. The number of ether oxygens (including phenoxy) is 1. The van der Waals surface area contributed by atoms with Gasteiger partial charge in [-0.3, -0.25) is 14.9 Å². The molecule has 1 atom stereocenters. The van der Waals surface area contributed by atoms with Crippen LogP contribution in [0.4, 0.5) is 4.79 Å². The molecule has 0 spiro atoms. The van der Waals surface area contributed by atoms with Gasteiger partial charge in [0.2, 0.25) is 5.78 Å². The smallest absolute Gasteiger partial charge is 0.407 e. The molecular weight excluding hydrogens is 264 g/mol. The van der Waals surface area contributed by atoms with Crippen LogP contribution in [0.1, 0.15) is 12.5 Å². The third kappa shape index (κ3) is 5.47. The zero-order valence-corrected chi connectivity index (χ0v) is 11.1. The molecule has 0 heterocycles. The number of ketones is 1. The molecule has 1 unspecified atom stereocenters. The average Bonchev–Trinajstić information content (AvgIpc) is 2.38.